The molecule has 4 aromatic carbocycles. The van der Waals surface area contributed by atoms with Crippen LogP contribution in [0.5, 0.6) is 5.75 Å². The third kappa shape index (κ3) is 5.71. The van der Waals surface area contributed by atoms with Crippen molar-refractivity contribution >= 4 is 11.6 Å². The number of nitrogens with two attached hydrogens (primary N) is 1. The zero-order valence-corrected chi connectivity index (χ0v) is 21.9. The van der Waals surface area contributed by atoms with E-state index >= 15 is 0 Å². The summed E-state index contributed by atoms with van der Waals surface area (Å²) in [6.07, 6.45) is 1.34. The fraction of sp³-hybridized carbons (Fsp3) is 0.161. The van der Waals surface area contributed by atoms with Gasteiger partial charge in [0.25, 0.3) is 0 Å². The first-order valence-electron chi connectivity index (χ1n) is 12.7. The molecule has 0 fully saturated rings. The molecule has 8 nitrogen and oxygen atoms in total. The van der Waals surface area contributed by atoms with Crippen molar-refractivity contribution in [1.29, 1.82) is 0 Å². The standard InChI is InChI=1S/C31H30N6O2/c1-36(31(38)29(32)21-12-22-8-4-3-5-9-22)24-15-13-23(14-16-24)27-10-6-7-11-28(27)30-33-34-35-37(30)25-17-19-26(39-2)20-18-25/h3-11,13-20,29H,12,21,32H2,1-2H3/t29-/m1/s1. The number of anilines is 1. The summed E-state index contributed by atoms with van der Waals surface area (Å²) < 4.78 is 6.97. The zero-order chi connectivity index (χ0) is 27.2. The number of amides is 1. The first-order chi connectivity index (χ1) is 19.0. The van der Waals surface area contributed by atoms with Crippen LogP contribution in [0.4, 0.5) is 5.69 Å². The largest absolute Gasteiger partial charge is 0.497 e. The minimum absolute atomic E-state index is 0.113. The summed E-state index contributed by atoms with van der Waals surface area (Å²) in [5.74, 6) is 1.27. The van der Waals surface area contributed by atoms with Crippen molar-refractivity contribution in [2.45, 2.75) is 18.9 Å². The van der Waals surface area contributed by atoms with Gasteiger partial charge in [-0.05, 0) is 76.4 Å². The number of nitrogens with zero attached hydrogens (tertiary/aromatic N) is 5. The molecule has 0 bridgehead atoms. The lowest BCUT2D eigenvalue weighted by Gasteiger charge is -2.22. The summed E-state index contributed by atoms with van der Waals surface area (Å²) in [5, 5.41) is 12.5. The van der Waals surface area contributed by atoms with E-state index in [1.54, 1.807) is 23.7 Å². The maximum Gasteiger partial charge on any atom is 0.243 e. The van der Waals surface area contributed by atoms with Gasteiger partial charge in [0.15, 0.2) is 5.82 Å². The lowest BCUT2D eigenvalue weighted by Crippen LogP contribution is -2.42. The van der Waals surface area contributed by atoms with Crippen LogP contribution in [0.15, 0.2) is 103 Å². The molecule has 5 rings (SSSR count). The number of rotatable bonds is 9. The molecule has 5 aromatic rings. The number of aryl methyl sites for hydroxylation is 1. The van der Waals surface area contributed by atoms with E-state index in [0.717, 1.165) is 40.2 Å². The number of hydrogen-bond donors (Lipinski definition) is 1. The van der Waals surface area contributed by atoms with Gasteiger partial charge in [-0.3, -0.25) is 4.79 Å². The van der Waals surface area contributed by atoms with Crippen LogP contribution in [0.25, 0.3) is 28.2 Å². The monoisotopic (exact) mass is 518 g/mol. The quantitative estimate of drug-likeness (QED) is 0.297. The van der Waals surface area contributed by atoms with Crippen LogP contribution >= 0.6 is 0 Å². The van der Waals surface area contributed by atoms with Gasteiger partial charge in [-0.2, -0.15) is 4.68 Å². The molecule has 0 spiro atoms. The third-order valence-corrected chi connectivity index (χ3v) is 6.75. The summed E-state index contributed by atoms with van der Waals surface area (Å²) in [6, 6.07) is 32.9. The van der Waals surface area contributed by atoms with E-state index in [0.29, 0.717) is 12.2 Å². The molecule has 1 heterocycles. The molecule has 196 valence electrons. The number of aromatic nitrogens is 4. The van der Waals surface area contributed by atoms with E-state index < -0.39 is 6.04 Å². The van der Waals surface area contributed by atoms with Gasteiger partial charge in [-0.15, -0.1) is 5.10 Å². The molecule has 0 aliphatic heterocycles. The number of likely N-dealkylation sites (N-methyl/N-ethyl adjacent to an activating group) is 1. The van der Waals surface area contributed by atoms with Gasteiger partial charge >= 0.3 is 0 Å². The van der Waals surface area contributed by atoms with Gasteiger partial charge in [-0.1, -0.05) is 66.7 Å². The fourth-order valence-electron chi connectivity index (χ4n) is 4.51. The smallest absolute Gasteiger partial charge is 0.243 e. The van der Waals surface area contributed by atoms with Gasteiger partial charge < -0.3 is 15.4 Å². The first-order valence-corrected chi connectivity index (χ1v) is 12.7. The topological polar surface area (TPSA) is 99.2 Å². The maximum absolute atomic E-state index is 13.0. The Kier molecular flexibility index (Phi) is 7.75. The van der Waals surface area contributed by atoms with Gasteiger partial charge in [-0.25, -0.2) is 0 Å². The number of ether oxygens (including phenoxy) is 1. The Morgan fingerprint density at radius 1 is 0.897 bits per heavy atom. The highest BCUT2D eigenvalue weighted by molar-refractivity contribution is 5.97. The minimum atomic E-state index is -0.576. The number of carbonyl (C=O) groups excluding carboxylic acids is 1. The lowest BCUT2D eigenvalue weighted by atomic mass is 9.98. The molecule has 0 aliphatic rings. The number of tetrazole rings is 1. The van der Waals surface area contributed by atoms with Crippen molar-refractivity contribution in [2.75, 3.05) is 19.1 Å². The molecule has 1 aromatic heterocycles. The average Bonchev–Trinajstić information content (AvgIpc) is 3.50. The molecule has 8 heteroatoms. The van der Waals surface area contributed by atoms with Crippen LogP contribution in [-0.2, 0) is 11.2 Å². The van der Waals surface area contributed by atoms with Gasteiger partial charge in [0, 0.05) is 18.3 Å². The Morgan fingerprint density at radius 2 is 1.56 bits per heavy atom. The highest BCUT2D eigenvalue weighted by Gasteiger charge is 2.20. The SMILES string of the molecule is COc1ccc(-n2nnnc2-c2ccccc2-c2ccc(N(C)C(=O)[C@H](N)CCc3ccccc3)cc2)cc1. The third-order valence-electron chi connectivity index (χ3n) is 6.75. The van der Waals surface area contributed by atoms with Crippen LogP contribution in [-0.4, -0.2) is 46.3 Å². The summed E-state index contributed by atoms with van der Waals surface area (Å²) >= 11 is 0. The molecule has 0 aliphatic carbocycles. The fourth-order valence-corrected chi connectivity index (χ4v) is 4.51. The second-order valence-electron chi connectivity index (χ2n) is 9.23. The summed E-state index contributed by atoms with van der Waals surface area (Å²) in [7, 11) is 3.39. The van der Waals surface area contributed by atoms with E-state index in [4.69, 9.17) is 10.5 Å². The van der Waals surface area contributed by atoms with E-state index in [9.17, 15) is 4.79 Å². The van der Waals surface area contributed by atoms with Crippen molar-refractivity contribution in [3.05, 3.63) is 109 Å². The highest BCUT2D eigenvalue weighted by Crippen LogP contribution is 2.33. The first kappa shape index (κ1) is 25.8. The van der Waals surface area contributed by atoms with E-state index in [2.05, 4.69) is 15.5 Å². The van der Waals surface area contributed by atoms with Crippen molar-refractivity contribution < 1.29 is 9.53 Å². The molecule has 1 amide bonds. The number of methoxy groups -OCH3 is 1. The normalized spacial score (nSPS) is 11.7. The number of hydrogen-bond acceptors (Lipinski definition) is 6. The van der Waals surface area contributed by atoms with Crippen LogP contribution in [0.3, 0.4) is 0 Å². The second-order valence-corrected chi connectivity index (χ2v) is 9.23. The second kappa shape index (κ2) is 11.7. The van der Waals surface area contributed by atoms with Gasteiger partial charge in [0.1, 0.15) is 5.75 Å². The van der Waals surface area contributed by atoms with Crippen LogP contribution in [0.1, 0.15) is 12.0 Å². The average molecular weight is 519 g/mol. The van der Waals surface area contributed by atoms with Gasteiger partial charge in [0.2, 0.25) is 5.91 Å². The Morgan fingerprint density at radius 3 is 2.26 bits per heavy atom. The number of carbonyl (C=O) groups is 1. The van der Waals surface area contributed by atoms with Crippen molar-refractivity contribution in [2.24, 2.45) is 5.73 Å². The lowest BCUT2D eigenvalue weighted by molar-refractivity contribution is -0.119. The minimum Gasteiger partial charge on any atom is -0.497 e. The molecule has 0 saturated carbocycles. The predicted octanol–water partition coefficient (Wildman–Crippen LogP) is 4.93. The Hall–Kier alpha value is -4.82. The van der Waals surface area contributed by atoms with Crippen LogP contribution < -0.4 is 15.4 Å². The van der Waals surface area contributed by atoms with Crippen LogP contribution in [0, 0.1) is 0 Å². The van der Waals surface area contributed by atoms with Crippen molar-refractivity contribution in [3.63, 3.8) is 0 Å². The van der Waals surface area contributed by atoms with Crippen molar-refractivity contribution in [3.8, 4) is 34.0 Å². The zero-order valence-electron chi connectivity index (χ0n) is 21.9. The molecule has 39 heavy (non-hydrogen) atoms. The Balaban J connectivity index is 1.35. The van der Waals surface area contributed by atoms with Crippen molar-refractivity contribution in [1.82, 2.24) is 20.2 Å². The van der Waals surface area contributed by atoms with E-state index in [1.807, 2.05) is 103 Å². The molecule has 1 atom stereocenters. The number of benzene rings is 4. The Labute approximate surface area is 227 Å². The predicted molar refractivity (Wildman–Crippen MR) is 153 cm³/mol. The summed E-state index contributed by atoms with van der Waals surface area (Å²) in [6.45, 7) is 0. The van der Waals surface area contributed by atoms with Crippen LogP contribution in [0.2, 0.25) is 0 Å². The van der Waals surface area contributed by atoms with E-state index in [1.165, 1.54) is 5.56 Å². The molecule has 0 radical (unpaired) electrons. The molecular formula is C31H30N6O2. The molecule has 2 N–H and O–H groups in total. The maximum atomic E-state index is 13.0. The molecular weight excluding hydrogens is 488 g/mol. The highest BCUT2D eigenvalue weighted by atomic mass is 16.5. The van der Waals surface area contributed by atoms with E-state index in [-0.39, 0.29) is 5.91 Å². The Bertz CT molecular complexity index is 1530. The molecule has 0 unspecified atom stereocenters. The summed E-state index contributed by atoms with van der Waals surface area (Å²) in [5.41, 5.74) is 11.9. The molecule has 0 saturated heterocycles. The van der Waals surface area contributed by atoms with Gasteiger partial charge in [0.05, 0.1) is 18.8 Å². The summed E-state index contributed by atoms with van der Waals surface area (Å²) in [4.78, 5) is 14.6.